The number of aromatic nitrogens is 3. The van der Waals surface area contributed by atoms with Crippen LogP contribution < -0.4 is 10.1 Å². The van der Waals surface area contributed by atoms with Gasteiger partial charge in [-0.2, -0.15) is 4.98 Å². The summed E-state index contributed by atoms with van der Waals surface area (Å²) in [4.78, 5) is 19.2. The number of fused-ring (bicyclic) bond motifs is 1. The molecular weight excluding hydrogens is 396 g/mol. The highest BCUT2D eigenvalue weighted by Gasteiger charge is 2.42. The summed E-state index contributed by atoms with van der Waals surface area (Å²) in [5.41, 5.74) is 3.78. The lowest BCUT2D eigenvalue weighted by atomic mass is 9.73. The molecule has 3 aromatic rings. The molecule has 5 rings (SSSR count). The van der Waals surface area contributed by atoms with Crippen molar-refractivity contribution in [1.82, 2.24) is 14.8 Å². The van der Waals surface area contributed by atoms with Gasteiger partial charge >= 0.3 is 0 Å². The van der Waals surface area contributed by atoms with Gasteiger partial charge in [0, 0.05) is 28.1 Å². The Kier molecular flexibility index (Phi) is 4.32. The monoisotopic (exact) mass is 420 g/mol. The Balaban J connectivity index is 1.67. The van der Waals surface area contributed by atoms with Crippen molar-refractivity contribution in [2.45, 2.75) is 39.7 Å². The predicted molar refractivity (Wildman–Crippen MR) is 118 cm³/mol. The maximum atomic E-state index is 13.3. The van der Waals surface area contributed by atoms with E-state index < -0.39 is 0 Å². The summed E-state index contributed by atoms with van der Waals surface area (Å²) >= 11 is 1.67. The molecule has 1 aliphatic carbocycles. The molecule has 0 fully saturated rings. The number of aryl methyl sites for hydroxylation is 1. The van der Waals surface area contributed by atoms with Crippen molar-refractivity contribution in [1.29, 1.82) is 0 Å². The van der Waals surface area contributed by atoms with E-state index in [9.17, 15) is 4.79 Å². The fraction of sp³-hybridized carbons (Fsp3) is 0.348. The molecule has 30 heavy (non-hydrogen) atoms. The second-order valence-electron chi connectivity index (χ2n) is 8.76. The minimum atomic E-state index is -0.244. The molecule has 1 atom stereocenters. The number of carbonyl (C=O) groups is 1. The van der Waals surface area contributed by atoms with Crippen LogP contribution in [0.3, 0.4) is 0 Å². The first kappa shape index (κ1) is 19.1. The van der Waals surface area contributed by atoms with Crippen LogP contribution in [0.5, 0.6) is 5.75 Å². The number of nitrogens with zero attached hydrogens (tertiary/aromatic N) is 3. The molecule has 3 heterocycles. The zero-order valence-electron chi connectivity index (χ0n) is 17.5. The molecule has 7 heteroatoms. The van der Waals surface area contributed by atoms with Gasteiger partial charge in [-0.1, -0.05) is 26.0 Å². The van der Waals surface area contributed by atoms with Crippen LogP contribution in [0.15, 0.2) is 47.0 Å². The van der Waals surface area contributed by atoms with Crippen LogP contribution in [0.2, 0.25) is 0 Å². The second kappa shape index (κ2) is 6.80. The summed E-state index contributed by atoms with van der Waals surface area (Å²) in [6.07, 6.45) is 1.36. The lowest BCUT2D eigenvalue weighted by Gasteiger charge is -2.38. The number of ketones is 1. The quantitative estimate of drug-likeness (QED) is 0.647. The number of thiophene rings is 1. The summed E-state index contributed by atoms with van der Waals surface area (Å²) in [6, 6.07) is 9.57. The van der Waals surface area contributed by atoms with Crippen LogP contribution in [0.4, 0.5) is 5.95 Å². The number of nitrogens with one attached hydrogen (secondary N) is 1. The predicted octanol–water partition coefficient (Wildman–Crippen LogP) is 4.98. The van der Waals surface area contributed by atoms with Crippen molar-refractivity contribution in [3.63, 3.8) is 0 Å². The number of methoxy groups -OCH3 is 1. The third-order valence-corrected chi connectivity index (χ3v) is 6.88. The van der Waals surface area contributed by atoms with Crippen LogP contribution in [0.25, 0.3) is 11.4 Å². The molecule has 1 aliphatic heterocycles. The van der Waals surface area contributed by atoms with Gasteiger partial charge in [-0.05, 0) is 47.9 Å². The van der Waals surface area contributed by atoms with Crippen LogP contribution in [0, 0.1) is 12.3 Å². The normalized spacial score (nSPS) is 19.9. The molecule has 2 aromatic heterocycles. The number of ether oxygens (including phenoxy) is 1. The molecule has 0 saturated carbocycles. The van der Waals surface area contributed by atoms with Crippen LogP contribution in [-0.4, -0.2) is 27.7 Å². The van der Waals surface area contributed by atoms with Gasteiger partial charge in [0.2, 0.25) is 5.95 Å². The van der Waals surface area contributed by atoms with Crippen molar-refractivity contribution >= 4 is 23.1 Å². The minimum Gasteiger partial charge on any atom is -0.497 e. The van der Waals surface area contributed by atoms with Crippen LogP contribution >= 0.6 is 11.3 Å². The van der Waals surface area contributed by atoms with E-state index in [0.717, 1.165) is 33.9 Å². The van der Waals surface area contributed by atoms with E-state index >= 15 is 0 Å². The fourth-order valence-corrected chi connectivity index (χ4v) is 5.42. The van der Waals surface area contributed by atoms with Crippen molar-refractivity contribution < 1.29 is 9.53 Å². The Labute approximate surface area is 179 Å². The molecule has 2 aliphatic rings. The first-order chi connectivity index (χ1) is 14.4. The van der Waals surface area contributed by atoms with E-state index in [1.54, 1.807) is 18.4 Å². The van der Waals surface area contributed by atoms with E-state index in [0.29, 0.717) is 18.2 Å². The van der Waals surface area contributed by atoms with Gasteiger partial charge in [0.25, 0.3) is 0 Å². The van der Waals surface area contributed by atoms with Gasteiger partial charge in [0.05, 0.1) is 7.11 Å². The lowest BCUT2D eigenvalue weighted by Crippen LogP contribution is -2.36. The zero-order chi connectivity index (χ0) is 21.0. The molecule has 0 bridgehead atoms. The molecule has 1 unspecified atom stereocenters. The van der Waals surface area contributed by atoms with Crippen molar-refractivity contribution in [3.05, 3.63) is 57.4 Å². The Morgan fingerprint density at radius 3 is 2.83 bits per heavy atom. The lowest BCUT2D eigenvalue weighted by molar-refractivity contribution is -0.118. The van der Waals surface area contributed by atoms with E-state index in [1.807, 2.05) is 28.9 Å². The number of carbonyl (C=O) groups excluding carboxylic acids is 1. The van der Waals surface area contributed by atoms with Crippen LogP contribution in [-0.2, 0) is 4.79 Å². The van der Waals surface area contributed by atoms with Crippen molar-refractivity contribution in [2.24, 2.45) is 5.41 Å². The zero-order valence-corrected chi connectivity index (χ0v) is 18.3. The highest BCUT2D eigenvalue weighted by molar-refractivity contribution is 7.10. The molecule has 1 N–H and O–H groups in total. The van der Waals surface area contributed by atoms with Gasteiger partial charge in [-0.15, -0.1) is 16.4 Å². The Morgan fingerprint density at radius 1 is 1.27 bits per heavy atom. The number of hydrogen-bond acceptors (Lipinski definition) is 6. The first-order valence-corrected chi connectivity index (χ1v) is 10.9. The van der Waals surface area contributed by atoms with Crippen LogP contribution in [0.1, 0.15) is 43.2 Å². The molecule has 0 spiro atoms. The van der Waals surface area contributed by atoms with E-state index in [4.69, 9.17) is 14.8 Å². The number of benzene rings is 1. The smallest absolute Gasteiger partial charge is 0.226 e. The van der Waals surface area contributed by atoms with Crippen molar-refractivity contribution in [3.8, 4) is 17.1 Å². The summed E-state index contributed by atoms with van der Waals surface area (Å²) < 4.78 is 7.24. The van der Waals surface area contributed by atoms with Gasteiger partial charge in [-0.3, -0.25) is 4.79 Å². The fourth-order valence-electron chi connectivity index (χ4n) is 4.40. The summed E-state index contributed by atoms with van der Waals surface area (Å²) in [5, 5.41) is 10.4. The maximum absolute atomic E-state index is 13.3. The maximum Gasteiger partial charge on any atom is 0.226 e. The van der Waals surface area contributed by atoms with E-state index in [-0.39, 0.29) is 17.2 Å². The summed E-state index contributed by atoms with van der Waals surface area (Å²) in [7, 11) is 1.65. The number of allylic oxidation sites excluding steroid dienone is 2. The highest BCUT2D eigenvalue weighted by Crippen LogP contribution is 2.47. The topological polar surface area (TPSA) is 69.0 Å². The Hall–Kier alpha value is -2.93. The number of rotatable bonds is 3. The third kappa shape index (κ3) is 3.04. The Morgan fingerprint density at radius 2 is 2.10 bits per heavy atom. The highest BCUT2D eigenvalue weighted by atomic mass is 32.1. The Bertz CT molecular complexity index is 1190. The molecule has 0 amide bonds. The SMILES string of the molecule is COc1cccc(-c2nc3n(n2)C(c2sccc2C)C2=C(CC(C)(C)CC2=O)N3)c1. The molecule has 0 saturated heterocycles. The number of Topliss-reactive ketones (excluding diaryl/α,β-unsaturated/α-hetero) is 1. The number of anilines is 1. The van der Waals surface area contributed by atoms with E-state index in [2.05, 4.69) is 37.5 Å². The average Bonchev–Trinajstić information content (AvgIpc) is 3.31. The molecular formula is C23H24N4O2S. The second-order valence-corrected chi connectivity index (χ2v) is 9.71. The third-order valence-electron chi connectivity index (χ3n) is 5.81. The standard InChI is InChI=1S/C23H24N4O2S/c1-13-8-9-30-20(13)19-18-16(11-23(2,3)12-17(18)28)24-22-25-21(26-27(19)22)14-6-5-7-15(10-14)29-4/h5-10,19H,11-12H2,1-4H3,(H,24,25,26). The van der Waals surface area contributed by atoms with Gasteiger partial charge < -0.3 is 10.1 Å². The largest absolute Gasteiger partial charge is 0.497 e. The average molecular weight is 421 g/mol. The van der Waals surface area contributed by atoms with Gasteiger partial charge in [0.1, 0.15) is 11.8 Å². The first-order valence-electron chi connectivity index (χ1n) is 10.0. The minimum absolute atomic E-state index is 0.0736. The van der Waals surface area contributed by atoms with Gasteiger partial charge in [0.15, 0.2) is 11.6 Å². The summed E-state index contributed by atoms with van der Waals surface area (Å²) in [6.45, 7) is 6.37. The molecule has 0 radical (unpaired) electrons. The molecule has 6 nitrogen and oxygen atoms in total. The van der Waals surface area contributed by atoms with Crippen molar-refractivity contribution in [2.75, 3.05) is 12.4 Å². The van der Waals surface area contributed by atoms with Gasteiger partial charge in [-0.25, -0.2) is 4.68 Å². The van der Waals surface area contributed by atoms with E-state index in [1.165, 1.54) is 5.56 Å². The summed E-state index contributed by atoms with van der Waals surface area (Å²) in [5.74, 6) is 2.24. The number of hydrogen-bond donors (Lipinski definition) is 1. The molecule has 154 valence electrons. The molecule has 1 aromatic carbocycles.